The number of ether oxygens (including phenoxy) is 1. The topological polar surface area (TPSA) is 105 Å². The summed E-state index contributed by atoms with van der Waals surface area (Å²) in [4.78, 5) is 15.1. The monoisotopic (exact) mass is 482 g/mol. The fourth-order valence-corrected chi connectivity index (χ4v) is 6.04. The Labute approximate surface area is 198 Å². The minimum absolute atomic E-state index is 0.155. The molecule has 1 atom stereocenters. The van der Waals surface area contributed by atoms with Crippen molar-refractivity contribution in [3.05, 3.63) is 60.0 Å². The summed E-state index contributed by atoms with van der Waals surface area (Å²) in [5.74, 6) is 1.06. The van der Waals surface area contributed by atoms with Crippen LogP contribution in [0.25, 0.3) is 11.1 Å². The first kappa shape index (κ1) is 22.6. The lowest BCUT2D eigenvalue weighted by Crippen LogP contribution is -2.57. The number of amides is 1. The summed E-state index contributed by atoms with van der Waals surface area (Å²) < 4.78 is 39.1. The molecular weight excluding hydrogens is 456 g/mol. The fraction of sp³-hybridized carbons (Fsp3) is 0.333. The Bertz CT molecular complexity index is 1300. The number of piperazine rings is 1. The van der Waals surface area contributed by atoms with Gasteiger partial charge in [-0.2, -0.15) is 4.31 Å². The van der Waals surface area contributed by atoms with Crippen LogP contribution in [0.5, 0.6) is 5.75 Å². The number of hydrogen-bond acceptors (Lipinski definition) is 7. The van der Waals surface area contributed by atoms with Gasteiger partial charge in [-0.1, -0.05) is 29.4 Å². The van der Waals surface area contributed by atoms with Gasteiger partial charge in [0.05, 0.1) is 28.9 Å². The van der Waals surface area contributed by atoms with Crippen LogP contribution in [0.15, 0.2) is 57.9 Å². The second-order valence-electron chi connectivity index (χ2n) is 8.57. The zero-order valence-electron chi connectivity index (χ0n) is 19.0. The first-order valence-electron chi connectivity index (χ1n) is 11.1. The minimum Gasteiger partial charge on any atom is -0.490 e. The van der Waals surface area contributed by atoms with E-state index in [2.05, 4.69) is 10.5 Å². The molecule has 0 unspecified atom stereocenters. The first-order valence-corrected chi connectivity index (χ1v) is 12.6. The standard InChI is InChI=1S/C24H26N4O5S/c1-16-24(17(2)33-26-16)18-8-9-22-21(12-18)25-23(29)14-27-10-11-28(13-19(27)15-32-22)34(30,31)20-6-4-3-5-7-20/h3-9,12,19H,10-11,13-15H2,1-2H3,(H,25,29)/t19-/m1/s1. The van der Waals surface area contributed by atoms with Gasteiger partial charge >= 0.3 is 0 Å². The Kier molecular flexibility index (Phi) is 5.88. The van der Waals surface area contributed by atoms with Gasteiger partial charge in [0.1, 0.15) is 18.1 Å². The Morgan fingerprint density at radius 3 is 2.62 bits per heavy atom. The molecule has 1 N–H and O–H groups in total. The zero-order valence-corrected chi connectivity index (χ0v) is 19.8. The fourth-order valence-electron chi connectivity index (χ4n) is 4.55. The summed E-state index contributed by atoms with van der Waals surface area (Å²) >= 11 is 0. The van der Waals surface area contributed by atoms with E-state index in [-0.39, 0.29) is 36.5 Å². The molecule has 34 heavy (non-hydrogen) atoms. The molecule has 0 aliphatic carbocycles. The number of hydrogen-bond donors (Lipinski definition) is 1. The van der Waals surface area contributed by atoms with E-state index in [0.29, 0.717) is 30.3 Å². The first-order chi connectivity index (χ1) is 16.3. The lowest BCUT2D eigenvalue weighted by Gasteiger charge is -2.39. The van der Waals surface area contributed by atoms with Gasteiger partial charge in [0.15, 0.2) is 0 Å². The number of nitrogens with zero attached hydrogens (tertiary/aromatic N) is 3. The third-order valence-electron chi connectivity index (χ3n) is 6.30. The number of rotatable bonds is 3. The maximum Gasteiger partial charge on any atom is 0.243 e. The van der Waals surface area contributed by atoms with Crippen molar-refractivity contribution in [2.45, 2.75) is 24.8 Å². The van der Waals surface area contributed by atoms with E-state index in [1.807, 2.05) is 36.9 Å². The molecule has 178 valence electrons. The van der Waals surface area contributed by atoms with Gasteiger partial charge in [-0.05, 0) is 43.7 Å². The van der Waals surface area contributed by atoms with Gasteiger partial charge in [-0.3, -0.25) is 9.69 Å². The molecule has 2 aromatic carbocycles. The third-order valence-corrected chi connectivity index (χ3v) is 8.18. The molecule has 3 heterocycles. The number of aromatic nitrogens is 1. The average molecular weight is 483 g/mol. The molecule has 2 aliphatic rings. The number of anilines is 1. The molecule has 1 aromatic heterocycles. The SMILES string of the molecule is Cc1noc(C)c1-c1ccc2c(c1)NC(=O)CN1CCN(S(=O)(=O)c3ccccc3)C[C@@H]1CO2. The number of fused-ring (bicyclic) bond motifs is 2. The summed E-state index contributed by atoms with van der Waals surface area (Å²) in [6.45, 7) is 5.13. The Morgan fingerprint density at radius 2 is 1.88 bits per heavy atom. The van der Waals surface area contributed by atoms with Crippen LogP contribution in [0.3, 0.4) is 0 Å². The number of nitrogens with one attached hydrogen (secondary N) is 1. The summed E-state index contributed by atoms with van der Waals surface area (Å²) in [6.07, 6.45) is 0. The van der Waals surface area contributed by atoms with Crippen molar-refractivity contribution in [2.24, 2.45) is 0 Å². The molecule has 9 nitrogen and oxygen atoms in total. The van der Waals surface area contributed by atoms with Crippen LogP contribution in [0.1, 0.15) is 11.5 Å². The molecular formula is C24H26N4O5S. The maximum absolute atomic E-state index is 13.1. The third kappa shape index (κ3) is 4.20. The highest BCUT2D eigenvalue weighted by Gasteiger charge is 2.36. The summed E-state index contributed by atoms with van der Waals surface area (Å²) in [5.41, 5.74) is 3.09. The van der Waals surface area contributed by atoms with Gasteiger partial charge < -0.3 is 14.6 Å². The van der Waals surface area contributed by atoms with E-state index in [0.717, 1.165) is 16.8 Å². The Balaban J connectivity index is 1.40. The number of sulfonamides is 1. The van der Waals surface area contributed by atoms with Crippen molar-refractivity contribution in [1.29, 1.82) is 0 Å². The second kappa shape index (κ2) is 8.86. The molecule has 0 radical (unpaired) electrons. The molecule has 0 spiro atoms. The molecule has 1 fully saturated rings. The molecule has 1 amide bonds. The van der Waals surface area contributed by atoms with Crippen LogP contribution in [-0.4, -0.2) is 67.5 Å². The van der Waals surface area contributed by atoms with Crippen molar-refractivity contribution in [1.82, 2.24) is 14.4 Å². The lowest BCUT2D eigenvalue weighted by molar-refractivity contribution is -0.118. The second-order valence-corrected chi connectivity index (χ2v) is 10.5. The number of carbonyl (C=O) groups is 1. The van der Waals surface area contributed by atoms with E-state index in [1.54, 1.807) is 30.3 Å². The summed E-state index contributed by atoms with van der Waals surface area (Å²) in [7, 11) is -3.62. The van der Waals surface area contributed by atoms with Crippen LogP contribution >= 0.6 is 0 Å². The molecule has 10 heteroatoms. The summed E-state index contributed by atoms with van der Waals surface area (Å²) in [6, 6.07) is 13.7. The maximum atomic E-state index is 13.1. The van der Waals surface area contributed by atoms with Crippen LogP contribution in [0, 0.1) is 13.8 Å². The zero-order chi connectivity index (χ0) is 23.9. The highest BCUT2D eigenvalue weighted by atomic mass is 32.2. The van der Waals surface area contributed by atoms with Crippen molar-refractivity contribution in [2.75, 3.05) is 38.1 Å². The van der Waals surface area contributed by atoms with E-state index in [9.17, 15) is 13.2 Å². The van der Waals surface area contributed by atoms with Crippen molar-refractivity contribution in [3.8, 4) is 16.9 Å². The van der Waals surface area contributed by atoms with E-state index in [4.69, 9.17) is 9.26 Å². The minimum atomic E-state index is -3.62. The van der Waals surface area contributed by atoms with Gasteiger partial charge in [-0.25, -0.2) is 8.42 Å². The van der Waals surface area contributed by atoms with Crippen LogP contribution < -0.4 is 10.1 Å². The predicted octanol–water partition coefficient (Wildman–Crippen LogP) is 2.66. The van der Waals surface area contributed by atoms with Crippen LogP contribution in [0.4, 0.5) is 5.69 Å². The van der Waals surface area contributed by atoms with Gasteiger partial charge in [0, 0.05) is 25.2 Å². The van der Waals surface area contributed by atoms with E-state index >= 15 is 0 Å². The normalized spacial score (nSPS) is 19.7. The highest BCUT2D eigenvalue weighted by molar-refractivity contribution is 7.89. The van der Waals surface area contributed by atoms with Crippen LogP contribution in [-0.2, 0) is 14.8 Å². The van der Waals surface area contributed by atoms with Crippen LogP contribution in [0.2, 0.25) is 0 Å². The molecule has 3 aromatic rings. The quantitative estimate of drug-likeness (QED) is 0.612. The molecule has 1 saturated heterocycles. The van der Waals surface area contributed by atoms with E-state index in [1.165, 1.54) is 4.31 Å². The van der Waals surface area contributed by atoms with Gasteiger partial charge in [0.25, 0.3) is 0 Å². The molecule has 2 aliphatic heterocycles. The predicted molar refractivity (Wildman–Crippen MR) is 126 cm³/mol. The number of carbonyl (C=O) groups excluding carboxylic acids is 1. The molecule has 0 saturated carbocycles. The van der Waals surface area contributed by atoms with Crippen molar-refractivity contribution >= 4 is 21.6 Å². The van der Waals surface area contributed by atoms with Crippen molar-refractivity contribution < 1.29 is 22.5 Å². The molecule has 0 bridgehead atoms. The lowest BCUT2D eigenvalue weighted by atomic mass is 10.0. The number of aryl methyl sites for hydroxylation is 2. The van der Waals surface area contributed by atoms with Crippen molar-refractivity contribution in [3.63, 3.8) is 0 Å². The van der Waals surface area contributed by atoms with Gasteiger partial charge in [-0.15, -0.1) is 0 Å². The summed E-state index contributed by atoms with van der Waals surface area (Å²) in [5, 5.41) is 6.97. The smallest absolute Gasteiger partial charge is 0.243 e. The highest BCUT2D eigenvalue weighted by Crippen LogP contribution is 2.35. The van der Waals surface area contributed by atoms with E-state index < -0.39 is 10.0 Å². The molecule has 5 rings (SSSR count). The number of benzene rings is 2. The Hall–Kier alpha value is -3.21. The van der Waals surface area contributed by atoms with Gasteiger partial charge in [0.2, 0.25) is 15.9 Å². The largest absolute Gasteiger partial charge is 0.490 e. The Morgan fingerprint density at radius 1 is 1.09 bits per heavy atom. The average Bonchev–Trinajstić information content (AvgIpc) is 3.19.